The zero-order valence-corrected chi connectivity index (χ0v) is 21.1. The molecular formula is C24H24F4N6O3S. The zero-order valence-electron chi connectivity index (χ0n) is 20.2. The Morgan fingerprint density at radius 3 is 2.45 bits per heavy atom. The summed E-state index contributed by atoms with van der Waals surface area (Å²) in [6, 6.07) is 9.64. The number of imidazole rings is 1. The lowest BCUT2D eigenvalue weighted by atomic mass is 10.2. The first kappa shape index (κ1) is 25.9. The molecule has 9 nitrogen and oxygen atoms in total. The molecule has 2 aliphatic rings. The predicted octanol–water partition coefficient (Wildman–Crippen LogP) is 3.66. The second kappa shape index (κ2) is 9.57. The molecule has 0 spiro atoms. The molecule has 3 aromatic rings. The highest BCUT2D eigenvalue weighted by atomic mass is 32.2. The number of rotatable bonds is 7. The molecular weight excluding hydrogens is 528 g/mol. The highest BCUT2D eigenvalue weighted by molar-refractivity contribution is 7.90. The lowest BCUT2D eigenvalue weighted by Gasteiger charge is -2.34. The molecule has 0 bridgehead atoms. The first-order valence-corrected chi connectivity index (χ1v) is 13.4. The number of amidine groups is 1. The van der Waals surface area contributed by atoms with Crippen LogP contribution in [0.2, 0.25) is 0 Å². The second-order valence-corrected chi connectivity index (χ2v) is 10.9. The van der Waals surface area contributed by atoms with Gasteiger partial charge in [-0.3, -0.25) is 14.2 Å². The van der Waals surface area contributed by atoms with Gasteiger partial charge < -0.3 is 5.32 Å². The Bertz CT molecular complexity index is 1510. The van der Waals surface area contributed by atoms with Crippen LogP contribution in [0.25, 0.3) is 5.65 Å². The van der Waals surface area contributed by atoms with Crippen molar-refractivity contribution in [2.75, 3.05) is 18.1 Å². The smallest absolute Gasteiger partial charge is 0.347 e. The second-order valence-electron chi connectivity index (χ2n) is 9.06. The SMILES string of the molecule is CCc1nc2ccc(F)cn2c1C(=O)NCc1ccc(N2CCN(S(=O)(=O)C(F)(F)F)C(C3CC3)=N2)cc1. The van der Waals surface area contributed by atoms with Crippen LogP contribution in [0.3, 0.4) is 0 Å². The van der Waals surface area contributed by atoms with Gasteiger partial charge in [0.1, 0.15) is 23.0 Å². The van der Waals surface area contributed by atoms with Gasteiger partial charge in [-0.15, -0.1) is 0 Å². The normalized spacial score (nSPS) is 16.6. The topological polar surface area (TPSA) is 99.4 Å². The molecule has 0 unspecified atom stereocenters. The van der Waals surface area contributed by atoms with Crippen LogP contribution in [0.1, 0.15) is 41.5 Å². The minimum atomic E-state index is -5.51. The molecule has 1 aliphatic heterocycles. The van der Waals surface area contributed by atoms with E-state index in [4.69, 9.17) is 0 Å². The van der Waals surface area contributed by atoms with Gasteiger partial charge in [0.15, 0.2) is 0 Å². The minimum absolute atomic E-state index is 0.0494. The van der Waals surface area contributed by atoms with Crippen molar-refractivity contribution < 1.29 is 30.8 Å². The Labute approximate surface area is 215 Å². The number of carbonyl (C=O) groups excluding carboxylic acids is 1. The van der Waals surface area contributed by atoms with Gasteiger partial charge >= 0.3 is 15.5 Å². The summed E-state index contributed by atoms with van der Waals surface area (Å²) in [5.74, 6) is -1.33. The number of aryl methyl sites for hydroxylation is 1. The molecule has 2 aromatic heterocycles. The van der Waals surface area contributed by atoms with Gasteiger partial charge in [0.05, 0.1) is 24.5 Å². The van der Waals surface area contributed by atoms with Crippen molar-refractivity contribution in [2.24, 2.45) is 11.0 Å². The largest absolute Gasteiger partial charge is 0.516 e. The standard InChI is InChI=1S/C24H24F4N6O3S/c1-2-19-21(32-14-17(25)7-10-20(32)30-19)23(35)29-13-15-3-8-18(9-4-15)33-11-12-34(22(31-33)16-5-6-16)38(36,37)24(26,27)28/h3-4,7-10,14,16H,2,5-6,11-13H2,1H3,(H,29,35). The molecule has 0 radical (unpaired) electrons. The monoisotopic (exact) mass is 552 g/mol. The highest BCUT2D eigenvalue weighted by Gasteiger charge is 2.53. The summed E-state index contributed by atoms with van der Waals surface area (Å²) in [7, 11) is -5.51. The number of sulfonamides is 1. The maximum Gasteiger partial charge on any atom is 0.516 e. The molecule has 0 atom stereocenters. The predicted molar refractivity (Wildman–Crippen MR) is 131 cm³/mol. The third-order valence-electron chi connectivity index (χ3n) is 6.41. The zero-order chi connectivity index (χ0) is 27.2. The summed E-state index contributed by atoms with van der Waals surface area (Å²) in [6.07, 6.45) is 2.85. The maximum absolute atomic E-state index is 13.8. The molecule has 202 valence electrons. The number of fused-ring (bicyclic) bond motifs is 1. The summed E-state index contributed by atoms with van der Waals surface area (Å²) >= 11 is 0. The van der Waals surface area contributed by atoms with Crippen LogP contribution < -0.4 is 10.3 Å². The van der Waals surface area contributed by atoms with Gasteiger partial charge in [-0.2, -0.15) is 26.7 Å². The first-order valence-electron chi connectivity index (χ1n) is 12.0. The van der Waals surface area contributed by atoms with Crippen molar-refractivity contribution >= 4 is 33.1 Å². The Morgan fingerprint density at radius 1 is 1.11 bits per heavy atom. The van der Waals surface area contributed by atoms with Crippen molar-refractivity contribution in [1.82, 2.24) is 19.0 Å². The van der Waals surface area contributed by atoms with Crippen LogP contribution in [-0.4, -0.2) is 52.4 Å². The molecule has 1 aliphatic carbocycles. The van der Waals surface area contributed by atoms with E-state index in [2.05, 4.69) is 15.4 Å². The summed E-state index contributed by atoms with van der Waals surface area (Å²) in [5, 5.41) is 8.55. The number of halogens is 4. The van der Waals surface area contributed by atoms with Crippen molar-refractivity contribution in [3.63, 3.8) is 0 Å². The molecule has 38 heavy (non-hydrogen) atoms. The fraction of sp³-hybridized carbons (Fsp3) is 0.375. The van der Waals surface area contributed by atoms with Crippen LogP contribution in [0.5, 0.6) is 0 Å². The third-order valence-corrected chi connectivity index (χ3v) is 7.95. The average Bonchev–Trinajstić information content (AvgIpc) is 3.67. The number of anilines is 1. The van der Waals surface area contributed by atoms with E-state index < -0.39 is 27.3 Å². The number of nitrogens with zero attached hydrogens (tertiary/aromatic N) is 5. The summed E-state index contributed by atoms with van der Waals surface area (Å²) in [5.41, 5.74) is -2.82. The van der Waals surface area contributed by atoms with Gasteiger partial charge in [0, 0.05) is 18.7 Å². The lowest BCUT2D eigenvalue weighted by Crippen LogP contribution is -2.51. The van der Waals surface area contributed by atoms with Crippen LogP contribution in [0.15, 0.2) is 47.7 Å². The molecule has 1 aromatic carbocycles. The Morgan fingerprint density at radius 2 is 1.82 bits per heavy atom. The van der Waals surface area contributed by atoms with E-state index in [1.54, 1.807) is 24.3 Å². The number of nitrogens with one attached hydrogen (secondary N) is 1. The van der Waals surface area contributed by atoms with Crippen LogP contribution in [0, 0.1) is 11.7 Å². The fourth-order valence-corrected chi connectivity index (χ4v) is 5.32. The van der Waals surface area contributed by atoms with Crippen LogP contribution >= 0.6 is 0 Å². The Hall–Kier alpha value is -3.68. The van der Waals surface area contributed by atoms with Gasteiger partial charge in [-0.25, -0.2) is 13.7 Å². The average molecular weight is 553 g/mol. The quantitative estimate of drug-likeness (QED) is 0.451. The van der Waals surface area contributed by atoms with E-state index in [0.717, 1.165) is 5.56 Å². The summed E-state index contributed by atoms with van der Waals surface area (Å²) in [6.45, 7) is 1.60. The molecule has 1 N–H and O–H groups in total. The number of hydrazone groups is 1. The van der Waals surface area contributed by atoms with E-state index in [9.17, 15) is 30.8 Å². The van der Waals surface area contributed by atoms with Crippen LogP contribution in [-0.2, 0) is 23.0 Å². The summed E-state index contributed by atoms with van der Waals surface area (Å²) in [4.78, 5) is 17.3. The fourth-order valence-electron chi connectivity index (χ4n) is 4.31. The summed E-state index contributed by atoms with van der Waals surface area (Å²) < 4.78 is 79.0. The van der Waals surface area contributed by atoms with E-state index in [-0.39, 0.29) is 37.1 Å². The van der Waals surface area contributed by atoms with Crippen molar-refractivity contribution in [2.45, 2.75) is 38.2 Å². The molecule has 0 saturated heterocycles. The van der Waals surface area contributed by atoms with Gasteiger partial charge in [-0.1, -0.05) is 19.1 Å². The van der Waals surface area contributed by atoms with Gasteiger partial charge in [-0.05, 0) is 49.1 Å². The van der Waals surface area contributed by atoms with Gasteiger partial charge in [0.25, 0.3) is 5.91 Å². The van der Waals surface area contributed by atoms with E-state index >= 15 is 0 Å². The number of hydrogen-bond donors (Lipinski definition) is 1. The lowest BCUT2D eigenvalue weighted by molar-refractivity contribution is -0.0473. The van der Waals surface area contributed by atoms with E-state index in [1.165, 1.54) is 27.7 Å². The van der Waals surface area contributed by atoms with Crippen molar-refractivity contribution in [1.29, 1.82) is 0 Å². The number of benzene rings is 1. The van der Waals surface area contributed by atoms with E-state index in [0.29, 0.717) is 40.6 Å². The van der Waals surface area contributed by atoms with Crippen molar-refractivity contribution in [3.05, 3.63) is 65.4 Å². The number of amides is 1. The van der Waals surface area contributed by atoms with E-state index in [1.807, 2.05) is 6.92 Å². The molecule has 1 saturated carbocycles. The van der Waals surface area contributed by atoms with Gasteiger partial charge in [0.2, 0.25) is 0 Å². The molecule has 14 heteroatoms. The Kier molecular flexibility index (Phi) is 6.53. The molecule has 1 amide bonds. The number of alkyl halides is 3. The number of aromatic nitrogens is 2. The minimum Gasteiger partial charge on any atom is -0.347 e. The number of hydrogen-bond acceptors (Lipinski definition) is 6. The third kappa shape index (κ3) is 4.79. The first-order chi connectivity index (χ1) is 18.0. The van der Waals surface area contributed by atoms with Crippen molar-refractivity contribution in [3.8, 4) is 0 Å². The molecule has 1 fully saturated rings. The Balaban J connectivity index is 1.30. The molecule has 5 rings (SSSR count). The number of carbonyl (C=O) groups is 1. The molecule has 3 heterocycles. The highest BCUT2D eigenvalue weighted by Crippen LogP contribution is 2.38. The maximum atomic E-state index is 13.8. The number of pyridine rings is 1. The van der Waals surface area contributed by atoms with Crippen LogP contribution in [0.4, 0.5) is 23.2 Å².